The number of halogens is 1. The Morgan fingerprint density at radius 2 is 2.00 bits per heavy atom. The van der Waals surface area contributed by atoms with Crippen LogP contribution in [0.4, 0.5) is 0 Å². The van der Waals surface area contributed by atoms with Gasteiger partial charge in [-0.1, -0.05) is 22.0 Å². The summed E-state index contributed by atoms with van der Waals surface area (Å²) in [4.78, 5) is 17.4. The number of fused-ring (bicyclic) bond motifs is 1. The normalized spacial score (nSPS) is 17.4. The number of nitrogens with zero attached hydrogens (tertiary/aromatic N) is 1. The molecular formula is C18H18BrNO. The smallest absolute Gasteiger partial charge is 0.171 e. The molecule has 108 valence electrons. The molecule has 3 rings (SSSR count). The second-order valence-corrected chi connectivity index (χ2v) is 6.57. The molecule has 1 aliphatic carbocycles. The summed E-state index contributed by atoms with van der Waals surface area (Å²) in [7, 11) is 0. The lowest BCUT2D eigenvalue weighted by Gasteiger charge is -2.23. The van der Waals surface area contributed by atoms with Gasteiger partial charge in [0.15, 0.2) is 5.78 Å². The maximum atomic E-state index is 12.9. The van der Waals surface area contributed by atoms with Gasteiger partial charge in [0.05, 0.1) is 11.6 Å². The Kier molecular flexibility index (Phi) is 3.94. The van der Waals surface area contributed by atoms with Crippen LogP contribution in [0.3, 0.4) is 0 Å². The minimum atomic E-state index is -0.0880. The molecule has 1 atom stereocenters. The SMILES string of the molecule is Cc1cc(C(=O)C2CCCc3cccnc32)cc(C)c1Br. The first-order chi connectivity index (χ1) is 10.1. The van der Waals surface area contributed by atoms with Crippen LogP contribution in [-0.2, 0) is 6.42 Å². The standard InChI is InChI=1S/C18H18BrNO/c1-11-9-14(10-12(2)16(11)19)18(21)15-7-3-5-13-6-4-8-20-17(13)15/h4,6,8-10,15H,3,5,7H2,1-2H3. The van der Waals surface area contributed by atoms with Crippen LogP contribution in [0, 0.1) is 13.8 Å². The van der Waals surface area contributed by atoms with Gasteiger partial charge >= 0.3 is 0 Å². The zero-order valence-corrected chi connectivity index (χ0v) is 13.9. The summed E-state index contributed by atoms with van der Waals surface area (Å²) < 4.78 is 1.08. The van der Waals surface area contributed by atoms with Crippen LogP contribution in [-0.4, -0.2) is 10.8 Å². The Balaban J connectivity index is 2.00. The maximum absolute atomic E-state index is 12.9. The van der Waals surface area contributed by atoms with E-state index < -0.39 is 0 Å². The van der Waals surface area contributed by atoms with Crippen molar-refractivity contribution >= 4 is 21.7 Å². The zero-order valence-electron chi connectivity index (χ0n) is 12.3. The molecule has 2 nitrogen and oxygen atoms in total. The van der Waals surface area contributed by atoms with E-state index in [-0.39, 0.29) is 11.7 Å². The van der Waals surface area contributed by atoms with E-state index in [0.717, 1.165) is 46.1 Å². The minimum Gasteiger partial charge on any atom is -0.293 e. The van der Waals surface area contributed by atoms with E-state index in [0.29, 0.717) is 0 Å². The fourth-order valence-electron chi connectivity index (χ4n) is 3.15. The van der Waals surface area contributed by atoms with Gasteiger partial charge in [0, 0.05) is 16.2 Å². The van der Waals surface area contributed by atoms with E-state index in [4.69, 9.17) is 0 Å². The van der Waals surface area contributed by atoms with Crippen LogP contribution in [0.2, 0.25) is 0 Å². The third-order valence-electron chi connectivity index (χ3n) is 4.23. The Bertz CT molecular complexity index is 685. The van der Waals surface area contributed by atoms with E-state index in [9.17, 15) is 4.79 Å². The van der Waals surface area contributed by atoms with Crippen LogP contribution < -0.4 is 0 Å². The number of benzene rings is 1. The molecule has 3 heteroatoms. The van der Waals surface area contributed by atoms with E-state index in [1.54, 1.807) is 6.20 Å². The Morgan fingerprint density at radius 1 is 1.29 bits per heavy atom. The van der Waals surface area contributed by atoms with Gasteiger partial charge in [0.2, 0.25) is 0 Å². The van der Waals surface area contributed by atoms with E-state index >= 15 is 0 Å². The summed E-state index contributed by atoms with van der Waals surface area (Å²) >= 11 is 3.56. The molecule has 21 heavy (non-hydrogen) atoms. The third kappa shape index (κ3) is 2.67. The van der Waals surface area contributed by atoms with Gasteiger partial charge in [-0.05, 0) is 68.0 Å². The highest BCUT2D eigenvalue weighted by molar-refractivity contribution is 9.10. The van der Waals surface area contributed by atoms with Crippen molar-refractivity contribution in [2.75, 3.05) is 0 Å². The van der Waals surface area contributed by atoms with Crippen molar-refractivity contribution in [1.29, 1.82) is 0 Å². The van der Waals surface area contributed by atoms with Crippen LogP contribution >= 0.6 is 15.9 Å². The minimum absolute atomic E-state index is 0.0880. The number of carbonyl (C=O) groups is 1. The highest BCUT2D eigenvalue weighted by Crippen LogP contribution is 2.33. The van der Waals surface area contributed by atoms with Crippen LogP contribution in [0.25, 0.3) is 0 Å². The average molecular weight is 344 g/mol. The number of hydrogen-bond donors (Lipinski definition) is 0. The van der Waals surface area contributed by atoms with Crippen molar-refractivity contribution in [3.05, 3.63) is 62.9 Å². The molecule has 0 fully saturated rings. The van der Waals surface area contributed by atoms with Gasteiger partial charge in [0.1, 0.15) is 0 Å². The van der Waals surface area contributed by atoms with E-state index in [1.165, 1.54) is 5.56 Å². The van der Waals surface area contributed by atoms with E-state index in [1.807, 2.05) is 32.0 Å². The zero-order chi connectivity index (χ0) is 15.0. The molecule has 1 heterocycles. The summed E-state index contributed by atoms with van der Waals surface area (Å²) in [6.45, 7) is 4.06. The molecule has 0 saturated carbocycles. The molecule has 0 amide bonds. The molecule has 0 spiro atoms. The highest BCUT2D eigenvalue weighted by atomic mass is 79.9. The van der Waals surface area contributed by atoms with Crippen LogP contribution in [0.1, 0.15) is 51.5 Å². The molecule has 0 saturated heterocycles. The summed E-state index contributed by atoms with van der Waals surface area (Å²) in [5.74, 6) is 0.114. The summed E-state index contributed by atoms with van der Waals surface area (Å²) in [5, 5.41) is 0. The van der Waals surface area contributed by atoms with Crippen molar-refractivity contribution in [3.63, 3.8) is 0 Å². The molecule has 0 N–H and O–H groups in total. The lowest BCUT2D eigenvalue weighted by Crippen LogP contribution is -2.20. The Hall–Kier alpha value is -1.48. The Morgan fingerprint density at radius 3 is 2.71 bits per heavy atom. The number of pyridine rings is 1. The number of ketones is 1. The fraction of sp³-hybridized carbons (Fsp3) is 0.333. The van der Waals surface area contributed by atoms with Crippen molar-refractivity contribution in [2.24, 2.45) is 0 Å². The monoisotopic (exact) mass is 343 g/mol. The lowest BCUT2D eigenvalue weighted by molar-refractivity contribution is 0.0948. The predicted octanol–water partition coefficient (Wildman–Crippen LogP) is 4.76. The van der Waals surface area contributed by atoms with Gasteiger partial charge in [-0.15, -0.1) is 0 Å². The first-order valence-electron chi connectivity index (χ1n) is 7.32. The van der Waals surface area contributed by atoms with Gasteiger partial charge in [-0.25, -0.2) is 0 Å². The molecule has 1 aromatic heterocycles. The van der Waals surface area contributed by atoms with Gasteiger partial charge in [0.25, 0.3) is 0 Å². The topological polar surface area (TPSA) is 30.0 Å². The first kappa shape index (κ1) is 14.5. The molecule has 0 aliphatic heterocycles. The number of hydrogen-bond acceptors (Lipinski definition) is 2. The second kappa shape index (κ2) is 5.72. The second-order valence-electron chi connectivity index (χ2n) is 5.78. The van der Waals surface area contributed by atoms with Crippen molar-refractivity contribution < 1.29 is 4.79 Å². The van der Waals surface area contributed by atoms with Crippen LogP contribution in [0.15, 0.2) is 34.9 Å². The lowest BCUT2D eigenvalue weighted by atomic mass is 9.81. The summed E-state index contributed by atoms with van der Waals surface area (Å²) in [6.07, 6.45) is 4.79. The molecule has 2 aromatic rings. The number of carbonyl (C=O) groups excluding carboxylic acids is 1. The molecule has 1 aliphatic rings. The van der Waals surface area contributed by atoms with Crippen LogP contribution in [0.5, 0.6) is 0 Å². The largest absolute Gasteiger partial charge is 0.293 e. The first-order valence-corrected chi connectivity index (χ1v) is 8.12. The van der Waals surface area contributed by atoms with Crippen molar-refractivity contribution in [1.82, 2.24) is 4.98 Å². The Labute approximate surface area is 133 Å². The molecule has 0 radical (unpaired) electrons. The average Bonchev–Trinajstić information content (AvgIpc) is 2.51. The van der Waals surface area contributed by atoms with Gasteiger partial charge < -0.3 is 0 Å². The number of aromatic nitrogens is 1. The quantitative estimate of drug-likeness (QED) is 0.735. The molecule has 1 aromatic carbocycles. The number of aryl methyl sites for hydroxylation is 3. The van der Waals surface area contributed by atoms with Gasteiger partial charge in [-0.3, -0.25) is 9.78 Å². The number of rotatable bonds is 2. The third-order valence-corrected chi connectivity index (χ3v) is 5.48. The van der Waals surface area contributed by atoms with Crippen molar-refractivity contribution in [3.8, 4) is 0 Å². The predicted molar refractivity (Wildman–Crippen MR) is 87.9 cm³/mol. The van der Waals surface area contributed by atoms with Gasteiger partial charge in [-0.2, -0.15) is 0 Å². The summed E-state index contributed by atoms with van der Waals surface area (Å²) in [5.41, 5.74) is 5.22. The van der Waals surface area contributed by atoms with Crippen molar-refractivity contribution in [2.45, 2.75) is 39.0 Å². The van der Waals surface area contributed by atoms with E-state index in [2.05, 4.69) is 27.0 Å². The summed E-state index contributed by atoms with van der Waals surface area (Å²) in [6, 6.07) is 8.02. The fourth-order valence-corrected chi connectivity index (χ4v) is 3.38. The molecule has 0 bridgehead atoms. The highest BCUT2D eigenvalue weighted by Gasteiger charge is 2.28. The molecular weight excluding hydrogens is 326 g/mol. The maximum Gasteiger partial charge on any atom is 0.171 e. The number of Topliss-reactive ketones (excluding diaryl/α,β-unsaturated/α-hetero) is 1. The molecule has 1 unspecified atom stereocenters.